The number of aromatic nitrogens is 1. The predicted molar refractivity (Wildman–Crippen MR) is 82.7 cm³/mol. The van der Waals surface area contributed by atoms with E-state index < -0.39 is 5.91 Å². The molecule has 0 saturated heterocycles. The van der Waals surface area contributed by atoms with Crippen LogP contribution in [0.25, 0.3) is 15.7 Å². The van der Waals surface area contributed by atoms with Gasteiger partial charge in [0.15, 0.2) is 0 Å². The Morgan fingerprint density at radius 1 is 1.20 bits per heavy atom. The molecule has 0 unspecified atom stereocenters. The van der Waals surface area contributed by atoms with E-state index in [4.69, 9.17) is 5.73 Å². The number of benzene rings is 1. The Balaban J connectivity index is 2.16. The first-order chi connectivity index (χ1) is 9.66. The monoisotopic (exact) mass is 280 g/mol. The number of carbonyl (C=O) groups is 1. The lowest BCUT2D eigenvalue weighted by Crippen LogP contribution is -2.08. The zero-order chi connectivity index (χ0) is 14.1. The van der Waals surface area contributed by atoms with Crippen LogP contribution in [0.4, 0.5) is 0 Å². The van der Waals surface area contributed by atoms with Gasteiger partial charge in [-0.15, -0.1) is 11.3 Å². The van der Waals surface area contributed by atoms with E-state index in [2.05, 4.69) is 11.6 Å². The highest BCUT2D eigenvalue weighted by Gasteiger charge is 2.12. The van der Waals surface area contributed by atoms with Gasteiger partial charge in [0.2, 0.25) is 0 Å². The summed E-state index contributed by atoms with van der Waals surface area (Å²) in [5, 5.41) is 0.965. The number of nitrogens with two attached hydrogens (primary N) is 1. The molecule has 0 fully saturated rings. The molecular formula is C16H12N2OS. The molecule has 2 N–H and O–H groups in total. The van der Waals surface area contributed by atoms with Crippen LogP contribution in [0, 0.1) is 0 Å². The molecule has 0 spiro atoms. The minimum Gasteiger partial charge on any atom is -0.365 e. The molecule has 4 heteroatoms. The van der Waals surface area contributed by atoms with Crippen LogP contribution in [0.2, 0.25) is 0 Å². The fraction of sp³-hybridized carbons (Fsp3) is 0. The van der Waals surface area contributed by atoms with Crippen molar-refractivity contribution in [2.45, 2.75) is 0 Å². The summed E-state index contributed by atoms with van der Waals surface area (Å²) in [6, 6.07) is 11.7. The van der Waals surface area contributed by atoms with Gasteiger partial charge in [0.05, 0.1) is 9.58 Å². The summed E-state index contributed by atoms with van der Waals surface area (Å²) < 4.78 is 0.938. The van der Waals surface area contributed by atoms with Crippen molar-refractivity contribution in [3.8, 4) is 0 Å². The second kappa shape index (κ2) is 4.90. The zero-order valence-electron chi connectivity index (χ0n) is 10.7. The van der Waals surface area contributed by atoms with E-state index in [1.54, 1.807) is 12.4 Å². The maximum Gasteiger partial charge on any atom is 0.258 e. The number of pyridine rings is 1. The molecule has 2 heterocycles. The minimum atomic E-state index is -0.414. The van der Waals surface area contributed by atoms with Crippen LogP contribution >= 0.6 is 11.3 Å². The second-order valence-electron chi connectivity index (χ2n) is 4.42. The van der Waals surface area contributed by atoms with Crippen LogP contribution in [0.15, 0.2) is 55.4 Å². The van der Waals surface area contributed by atoms with Gasteiger partial charge in [-0.1, -0.05) is 36.9 Å². The van der Waals surface area contributed by atoms with Gasteiger partial charge in [-0.2, -0.15) is 0 Å². The van der Waals surface area contributed by atoms with E-state index >= 15 is 0 Å². The Hall–Kier alpha value is -2.46. The Morgan fingerprint density at radius 3 is 2.65 bits per heavy atom. The van der Waals surface area contributed by atoms with Crippen molar-refractivity contribution in [2.24, 2.45) is 5.73 Å². The first-order valence-electron chi connectivity index (χ1n) is 6.09. The molecule has 3 rings (SSSR count). The molecule has 98 valence electrons. The van der Waals surface area contributed by atoms with Crippen LogP contribution < -0.4 is 5.73 Å². The normalized spacial score (nSPS) is 10.6. The number of amides is 1. The molecule has 2 aromatic heterocycles. The molecule has 0 aliphatic heterocycles. The van der Waals surface area contributed by atoms with Gasteiger partial charge < -0.3 is 5.73 Å². The van der Waals surface area contributed by atoms with Gasteiger partial charge in [-0.3, -0.25) is 9.78 Å². The topological polar surface area (TPSA) is 56.0 Å². The Labute approximate surface area is 120 Å². The van der Waals surface area contributed by atoms with E-state index in [1.807, 2.05) is 36.4 Å². The Bertz CT molecular complexity index is 806. The van der Waals surface area contributed by atoms with Gasteiger partial charge in [0.25, 0.3) is 5.91 Å². The van der Waals surface area contributed by atoms with Crippen molar-refractivity contribution in [2.75, 3.05) is 0 Å². The van der Waals surface area contributed by atoms with Crippen LogP contribution in [-0.2, 0) is 0 Å². The Morgan fingerprint density at radius 2 is 1.95 bits per heavy atom. The maximum absolute atomic E-state index is 11.3. The first kappa shape index (κ1) is 12.6. The van der Waals surface area contributed by atoms with Crippen molar-refractivity contribution < 1.29 is 4.79 Å². The number of hydrogen-bond donors (Lipinski definition) is 1. The summed E-state index contributed by atoms with van der Waals surface area (Å²) in [4.78, 5) is 16.1. The third-order valence-corrected chi connectivity index (χ3v) is 4.22. The highest BCUT2D eigenvalue weighted by atomic mass is 32.1. The number of fused-ring (bicyclic) bond motifs is 1. The number of thiophene rings is 1. The molecule has 0 radical (unpaired) electrons. The van der Waals surface area contributed by atoms with Crippen LogP contribution in [-0.4, -0.2) is 10.9 Å². The van der Waals surface area contributed by atoms with Crippen LogP contribution in [0.5, 0.6) is 0 Å². The largest absolute Gasteiger partial charge is 0.365 e. The van der Waals surface area contributed by atoms with Crippen LogP contribution in [0.3, 0.4) is 0 Å². The second-order valence-corrected chi connectivity index (χ2v) is 5.50. The fourth-order valence-corrected chi connectivity index (χ4v) is 3.02. The van der Waals surface area contributed by atoms with E-state index in [9.17, 15) is 4.79 Å². The minimum absolute atomic E-state index is 0.414. The van der Waals surface area contributed by atoms with Gasteiger partial charge in [-0.25, -0.2) is 0 Å². The molecule has 0 aliphatic carbocycles. The lowest BCUT2D eigenvalue weighted by atomic mass is 9.99. The molecule has 0 saturated carbocycles. The number of carbonyl (C=O) groups excluding carboxylic acids is 1. The average Bonchev–Trinajstić information content (AvgIpc) is 2.91. The summed E-state index contributed by atoms with van der Waals surface area (Å²) in [6.07, 6.45) is 3.52. The smallest absolute Gasteiger partial charge is 0.258 e. The molecule has 3 nitrogen and oxygen atoms in total. The predicted octanol–water partition coefficient (Wildman–Crippen LogP) is 3.46. The average molecular weight is 280 g/mol. The van der Waals surface area contributed by atoms with E-state index in [0.29, 0.717) is 4.88 Å². The van der Waals surface area contributed by atoms with Crippen molar-refractivity contribution in [1.82, 2.24) is 4.98 Å². The number of nitrogens with zero attached hydrogens (tertiary/aromatic N) is 1. The van der Waals surface area contributed by atoms with E-state index in [0.717, 1.165) is 26.8 Å². The first-order valence-corrected chi connectivity index (χ1v) is 6.90. The Kier molecular flexibility index (Phi) is 3.08. The molecule has 3 aromatic rings. The summed E-state index contributed by atoms with van der Waals surface area (Å²) in [5.74, 6) is -0.414. The quantitative estimate of drug-likeness (QED) is 0.798. The standard InChI is InChI=1S/C16H12N2OS/c1-10(11-5-3-2-4-6-11)13-8-18-9-15-12(13)7-14(20-15)16(17)19/h2-9H,1H2,(H2,17,19). The summed E-state index contributed by atoms with van der Waals surface area (Å²) in [5.41, 5.74) is 8.19. The zero-order valence-corrected chi connectivity index (χ0v) is 11.5. The van der Waals surface area contributed by atoms with Gasteiger partial charge in [0.1, 0.15) is 0 Å². The molecule has 1 aromatic carbocycles. The lowest BCUT2D eigenvalue weighted by Gasteiger charge is -2.06. The maximum atomic E-state index is 11.3. The summed E-state index contributed by atoms with van der Waals surface area (Å²) in [6.45, 7) is 4.15. The molecule has 0 bridgehead atoms. The molecule has 20 heavy (non-hydrogen) atoms. The van der Waals surface area contributed by atoms with Gasteiger partial charge in [0, 0.05) is 23.3 Å². The molecular weight excluding hydrogens is 268 g/mol. The number of primary amides is 1. The number of rotatable bonds is 3. The van der Waals surface area contributed by atoms with Crippen molar-refractivity contribution in [1.29, 1.82) is 0 Å². The third kappa shape index (κ3) is 2.10. The van der Waals surface area contributed by atoms with Crippen molar-refractivity contribution >= 4 is 32.9 Å². The highest BCUT2D eigenvalue weighted by Crippen LogP contribution is 2.32. The van der Waals surface area contributed by atoms with Crippen molar-refractivity contribution in [3.63, 3.8) is 0 Å². The summed E-state index contributed by atoms with van der Waals surface area (Å²) in [7, 11) is 0. The lowest BCUT2D eigenvalue weighted by molar-refractivity contribution is 0.100. The molecule has 0 aliphatic rings. The van der Waals surface area contributed by atoms with E-state index in [1.165, 1.54) is 11.3 Å². The third-order valence-electron chi connectivity index (χ3n) is 3.14. The fourth-order valence-electron chi connectivity index (χ4n) is 2.12. The van der Waals surface area contributed by atoms with Crippen molar-refractivity contribution in [3.05, 3.63) is 71.4 Å². The summed E-state index contributed by atoms with van der Waals surface area (Å²) >= 11 is 1.35. The van der Waals surface area contributed by atoms with Gasteiger partial charge >= 0.3 is 0 Å². The molecule has 0 atom stereocenters. The number of hydrogen-bond acceptors (Lipinski definition) is 3. The van der Waals surface area contributed by atoms with E-state index in [-0.39, 0.29) is 0 Å². The highest BCUT2D eigenvalue weighted by molar-refractivity contribution is 7.20. The molecule has 1 amide bonds. The van der Waals surface area contributed by atoms with Gasteiger partial charge in [-0.05, 0) is 17.2 Å². The van der Waals surface area contributed by atoms with Crippen LogP contribution in [0.1, 0.15) is 20.8 Å². The SMILES string of the molecule is C=C(c1ccccc1)c1cncc2sc(C(N)=O)cc12.